The fourth-order valence-electron chi connectivity index (χ4n) is 11.5. The monoisotopic (exact) mass is 1220 g/mol. The molecule has 0 aromatic heterocycles. The Kier molecular flexibility index (Phi) is 31.1. The molecule has 10 N–H and O–H groups in total. The number of aliphatic hydroxyl groups excluding tert-OH is 10. The van der Waals surface area contributed by atoms with E-state index in [0.29, 0.717) is 76.5 Å². The van der Waals surface area contributed by atoms with Crippen LogP contribution in [0.2, 0.25) is 0 Å². The van der Waals surface area contributed by atoms with E-state index in [-0.39, 0.29) is 81.0 Å². The molecule has 0 saturated carbocycles. The van der Waals surface area contributed by atoms with Gasteiger partial charge in [0.15, 0.2) is 23.1 Å². The molecule has 0 aromatic rings. The fourth-order valence-corrected chi connectivity index (χ4v) is 11.5. The minimum Gasteiger partial charge on any atom is -0.394 e. The molecular formula is C59H110O25. The molecule has 84 heavy (non-hydrogen) atoms. The highest BCUT2D eigenvalue weighted by molar-refractivity contribution is 5.75. The number of carbonyl (C=O) groups is 1. The maximum Gasteiger partial charge on any atom is 0.166 e. The van der Waals surface area contributed by atoms with Crippen molar-refractivity contribution in [2.45, 2.75) is 268 Å². The molecule has 0 bridgehead atoms. The molecule has 25 nitrogen and oxygen atoms in total. The van der Waals surface area contributed by atoms with E-state index in [9.17, 15) is 25.2 Å². The molecule has 0 aromatic carbocycles. The molecule has 25 heteroatoms. The SMILES string of the molecule is CC(=O)CC(C)C.CC(C)C[C@@]1(C)OC[C@H]2OC[C@H](O)[C@H]2O1.CC(C)C[C@]1(C)OC[C@@H]2OC[C@@H](O)[C@@H]2O1.CC(C)C[C@]1(C)OC[C@H]2OC[C@H](O)[C@H]2O1.CCC[C@@]1(C)OC[C@@H]2OC[C@@H](O)[C@@H]2O1.OC[C@@H]1OC[C@@H](O)[C@@H]1O.OC[C@H]1OC[C@H](O)[C@H]1O. The molecule has 22 atom stereocenters. The summed E-state index contributed by atoms with van der Waals surface area (Å²) in [6.45, 7) is 31.6. The van der Waals surface area contributed by atoms with Crippen molar-refractivity contribution in [1.29, 1.82) is 0 Å². The highest BCUT2D eigenvalue weighted by Gasteiger charge is 2.51. The van der Waals surface area contributed by atoms with Crippen molar-refractivity contribution in [2.24, 2.45) is 23.7 Å². The molecule has 0 aliphatic carbocycles. The number of hydrogen-bond donors (Lipinski definition) is 10. The van der Waals surface area contributed by atoms with E-state index in [1.54, 1.807) is 6.92 Å². The third-order valence-corrected chi connectivity index (χ3v) is 15.3. The van der Waals surface area contributed by atoms with Crippen LogP contribution in [0.3, 0.4) is 0 Å². The van der Waals surface area contributed by atoms with Gasteiger partial charge in [-0.05, 0) is 58.3 Å². The van der Waals surface area contributed by atoms with Gasteiger partial charge in [0.2, 0.25) is 0 Å². The third-order valence-electron chi connectivity index (χ3n) is 15.3. The van der Waals surface area contributed by atoms with Crippen LogP contribution in [0.4, 0.5) is 0 Å². The van der Waals surface area contributed by atoms with Gasteiger partial charge < -0.3 is 122 Å². The van der Waals surface area contributed by atoms with Crippen molar-refractivity contribution in [1.82, 2.24) is 0 Å². The van der Waals surface area contributed by atoms with Crippen LogP contribution in [0.15, 0.2) is 0 Å². The van der Waals surface area contributed by atoms with Crippen molar-refractivity contribution < 1.29 is 122 Å². The minimum atomic E-state index is -0.921. The Bertz CT molecular complexity index is 1720. The first-order valence-electron chi connectivity index (χ1n) is 30.4. The van der Waals surface area contributed by atoms with Crippen molar-refractivity contribution in [2.75, 3.05) is 79.3 Å². The van der Waals surface area contributed by atoms with E-state index < -0.39 is 84.2 Å². The van der Waals surface area contributed by atoms with Crippen LogP contribution in [-0.4, -0.2) is 269 Å². The lowest BCUT2D eigenvalue weighted by Crippen LogP contribution is -2.51. The van der Waals surface area contributed by atoms with Crippen LogP contribution in [0.1, 0.15) is 135 Å². The largest absolute Gasteiger partial charge is 0.394 e. The zero-order valence-corrected chi connectivity index (χ0v) is 52.5. The second-order valence-corrected chi connectivity index (χ2v) is 25.9. The van der Waals surface area contributed by atoms with Gasteiger partial charge in [-0.15, -0.1) is 0 Å². The zero-order valence-electron chi connectivity index (χ0n) is 52.5. The Morgan fingerprint density at radius 1 is 0.405 bits per heavy atom. The second-order valence-electron chi connectivity index (χ2n) is 25.9. The van der Waals surface area contributed by atoms with E-state index in [1.807, 2.05) is 41.5 Å². The summed E-state index contributed by atoms with van der Waals surface area (Å²) in [7, 11) is 0. The summed E-state index contributed by atoms with van der Waals surface area (Å²) in [5, 5.41) is 91.1. The van der Waals surface area contributed by atoms with Gasteiger partial charge in [-0.1, -0.05) is 68.7 Å². The number of carbonyl (C=O) groups excluding carboxylic acids is 1. The Morgan fingerprint density at radius 3 is 0.857 bits per heavy atom. The van der Waals surface area contributed by atoms with Gasteiger partial charge in [0.1, 0.15) is 116 Å². The molecule has 10 fully saturated rings. The normalized spacial score (nSPS) is 42.7. The zero-order chi connectivity index (χ0) is 62.9. The highest BCUT2D eigenvalue weighted by atomic mass is 16.8. The lowest BCUT2D eigenvalue weighted by molar-refractivity contribution is -0.314. The average molecular weight is 1220 g/mol. The second kappa shape index (κ2) is 34.8. The fraction of sp³-hybridized carbons (Fsp3) is 0.983. The van der Waals surface area contributed by atoms with Crippen LogP contribution in [-0.2, 0) is 71.1 Å². The first-order valence-corrected chi connectivity index (χ1v) is 30.4. The Balaban J connectivity index is 0.000000214. The highest BCUT2D eigenvalue weighted by Crippen LogP contribution is 2.38. The van der Waals surface area contributed by atoms with Gasteiger partial charge in [-0.25, -0.2) is 0 Å². The van der Waals surface area contributed by atoms with Crippen molar-refractivity contribution in [3.63, 3.8) is 0 Å². The van der Waals surface area contributed by atoms with E-state index in [2.05, 4.69) is 48.5 Å². The lowest BCUT2D eigenvalue weighted by atomic mass is 10.0. The average Bonchev–Trinajstić information content (AvgIpc) is 2.97. The molecule has 0 spiro atoms. The summed E-state index contributed by atoms with van der Waals surface area (Å²) in [5.74, 6) is 0.0957. The summed E-state index contributed by atoms with van der Waals surface area (Å²) in [5.41, 5.74) is 0. The maximum absolute atomic E-state index is 10.3. The summed E-state index contributed by atoms with van der Waals surface area (Å²) < 4.78 is 76.9. The van der Waals surface area contributed by atoms with Gasteiger partial charge >= 0.3 is 0 Å². The molecule has 0 radical (unpaired) electrons. The summed E-state index contributed by atoms with van der Waals surface area (Å²) in [6, 6.07) is 0. The number of aliphatic hydroxyl groups is 10. The quantitative estimate of drug-likeness (QED) is 0.132. The number of fused-ring (bicyclic) bond motifs is 4. The van der Waals surface area contributed by atoms with Crippen LogP contribution in [0, 0.1) is 23.7 Å². The first-order chi connectivity index (χ1) is 39.3. The van der Waals surface area contributed by atoms with Crippen molar-refractivity contribution in [3.8, 4) is 0 Å². The molecule has 10 aliphatic heterocycles. The van der Waals surface area contributed by atoms with Gasteiger partial charge in [-0.3, -0.25) is 0 Å². The molecule has 10 aliphatic rings. The molecule has 496 valence electrons. The molecule has 10 rings (SSSR count). The Labute approximate surface area is 498 Å². The van der Waals surface area contributed by atoms with Gasteiger partial charge in [0, 0.05) is 32.1 Å². The number of Topliss-reactive ketones (excluding diaryl/α,β-unsaturated/α-hetero) is 1. The van der Waals surface area contributed by atoms with Crippen molar-refractivity contribution in [3.05, 3.63) is 0 Å². The lowest BCUT2D eigenvalue weighted by Gasteiger charge is -2.41. The minimum absolute atomic E-state index is 0.0880. The molecule has 0 unspecified atom stereocenters. The first kappa shape index (κ1) is 75.2. The number of ketones is 1. The van der Waals surface area contributed by atoms with Crippen LogP contribution in [0.5, 0.6) is 0 Å². The number of ether oxygens (including phenoxy) is 14. The standard InChI is InChI=1S/3C11H20O4.C10H18O4.C6H12O.2C5H10O4/c3*1-7(2)4-11(3)14-6-9-10(15-11)8(12)5-13-9;1-3-4-10(2)13-6-8-9(14-10)7(11)5-12-8;1-5(2)4-6(3)7;2*6-1-4-5(8)3(7)2-9-4/h3*7-10,12H,4-6H2,1-3H3;7-9,11H,3-6H2,1-2H3;5H,4H2,1-3H3;2*3-8H,1-2H2/t8-,9+,10+,11+;2*8-,9+,10+,11-;7-,8+,9+,10+;;2*3-,4+,5+/m0101.10/s1. The van der Waals surface area contributed by atoms with E-state index >= 15 is 0 Å². The van der Waals surface area contributed by atoms with E-state index in [0.717, 1.165) is 38.5 Å². The molecular weight excluding hydrogens is 1110 g/mol. The van der Waals surface area contributed by atoms with Crippen LogP contribution in [0.25, 0.3) is 0 Å². The van der Waals surface area contributed by atoms with Crippen LogP contribution >= 0.6 is 0 Å². The van der Waals surface area contributed by atoms with Gasteiger partial charge in [-0.2, -0.15) is 0 Å². The molecule has 10 saturated heterocycles. The summed E-state index contributed by atoms with van der Waals surface area (Å²) in [6.07, 6.45) is -2.89. The Morgan fingerprint density at radius 2 is 0.667 bits per heavy atom. The maximum atomic E-state index is 10.3. The summed E-state index contributed by atoms with van der Waals surface area (Å²) in [4.78, 5) is 10.3. The van der Waals surface area contributed by atoms with E-state index in [1.165, 1.54) is 0 Å². The van der Waals surface area contributed by atoms with E-state index in [4.69, 9.17) is 97.0 Å². The Hall–Kier alpha value is -1.29. The van der Waals surface area contributed by atoms with Crippen molar-refractivity contribution >= 4 is 5.78 Å². The van der Waals surface area contributed by atoms with Gasteiger partial charge in [0.25, 0.3) is 0 Å². The number of hydrogen-bond acceptors (Lipinski definition) is 25. The third kappa shape index (κ3) is 23.5. The predicted octanol–water partition coefficient (Wildman–Crippen LogP) is 1.27. The molecule has 0 amide bonds. The summed E-state index contributed by atoms with van der Waals surface area (Å²) >= 11 is 0. The molecule has 10 heterocycles. The van der Waals surface area contributed by atoms with Crippen LogP contribution < -0.4 is 0 Å². The smallest absolute Gasteiger partial charge is 0.166 e. The van der Waals surface area contributed by atoms with Gasteiger partial charge in [0.05, 0.1) is 79.3 Å². The topological polar surface area (TPSA) is 349 Å². The number of rotatable bonds is 12. The predicted molar refractivity (Wildman–Crippen MR) is 301 cm³/mol.